The molecule has 0 amide bonds. The second-order valence-corrected chi connectivity index (χ2v) is 8.06. The predicted octanol–water partition coefficient (Wildman–Crippen LogP) is -7.21. The van der Waals surface area contributed by atoms with Crippen molar-refractivity contribution in [3.8, 4) is 0 Å². The first-order chi connectivity index (χ1) is 19.0. The van der Waals surface area contributed by atoms with E-state index in [1.807, 2.05) is 0 Å². The summed E-state index contributed by atoms with van der Waals surface area (Å²) in [5.74, 6) is -12.3. The molecule has 245 valence electrons. The van der Waals surface area contributed by atoms with Crippen molar-refractivity contribution >= 4 is 53.7 Å². The van der Waals surface area contributed by atoms with Gasteiger partial charge >= 0.3 is 52.9 Å². The topological polar surface area (TPSA) is 354 Å². The third kappa shape index (κ3) is 25.1. The van der Waals surface area contributed by atoms with Crippen molar-refractivity contribution in [1.82, 2.24) is 14.7 Å². The second-order valence-electron chi connectivity index (χ2n) is 8.06. The minimum atomic E-state index is -1.51. The van der Waals surface area contributed by atoms with Crippen LogP contribution in [0.3, 0.4) is 0 Å². The minimum absolute atomic E-state index is 0. The minimum Gasteiger partial charge on any atom is -0.548 e. The zero-order valence-corrected chi connectivity index (χ0v) is 23.9. The van der Waals surface area contributed by atoms with Crippen LogP contribution in [0, 0.1) is 0 Å². The van der Waals surface area contributed by atoms with Gasteiger partial charge in [-0.05, 0) is 20.8 Å². The first-order valence-corrected chi connectivity index (χ1v) is 11.2. The van der Waals surface area contributed by atoms with E-state index >= 15 is 0 Å². The number of hydrogen-bond acceptors (Lipinski definition) is 15. The van der Waals surface area contributed by atoms with Gasteiger partial charge in [0.2, 0.25) is 0 Å². The van der Waals surface area contributed by atoms with Crippen molar-refractivity contribution < 1.29 is 106 Å². The smallest absolute Gasteiger partial charge is 0.548 e. The molecule has 0 spiro atoms. The van der Waals surface area contributed by atoms with E-state index in [-0.39, 0.29) is 17.1 Å². The summed E-state index contributed by atoms with van der Waals surface area (Å²) in [5, 5.41) is 81.4. The van der Waals surface area contributed by atoms with Crippen LogP contribution in [0.4, 0.5) is 0 Å². The van der Waals surface area contributed by atoms with Crippen molar-refractivity contribution in [2.45, 2.75) is 38.9 Å². The maximum Gasteiger partial charge on any atom is 3.00 e. The van der Waals surface area contributed by atoms with Crippen LogP contribution < -0.4 is 15.3 Å². The van der Waals surface area contributed by atoms with Crippen molar-refractivity contribution in [3.05, 3.63) is 0 Å². The summed E-state index contributed by atoms with van der Waals surface area (Å²) >= 11 is 0. The fourth-order valence-corrected chi connectivity index (χ4v) is 2.48. The van der Waals surface area contributed by atoms with Crippen LogP contribution >= 0.6 is 0 Å². The number of nitrogens with zero attached hydrogens (tertiary/aromatic N) is 3. The summed E-state index contributed by atoms with van der Waals surface area (Å²) in [5.41, 5.74) is 0. The largest absolute Gasteiger partial charge is 3.00 e. The van der Waals surface area contributed by atoms with Gasteiger partial charge in [-0.3, -0.25) is 43.5 Å². The molecule has 0 aromatic carbocycles. The standard InChI is InChI=1S/3C7H11NO6.Fe/c3*1-4(7(13)14)8(2-5(9)10)3-6(11)12;/h3*4H,2-3H2,1H3,(H,9,10)(H,11,12)(H,13,14);/q;;;+3/p-3. The van der Waals surface area contributed by atoms with Gasteiger partial charge in [0.15, 0.2) is 0 Å². The molecule has 0 saturated heterocycles. The number of rotatable bonds is 18. The van der Waals surface area contributed by atoms with E-state index in [0.717, 1.165) is 14.7 Å². The molecule has 0 aliphatic rings. The third-order valence-electron chi connectivity index (χ3n) is 4.70. The molecule has 0 bridgehead atoms. The summed E-state index contributed by atoms with van der Waals surface area (Å²) in [4.78, 5) is 95.1. The maximum absolute atomic E-state index is 10.4. The molecule has 6 N–H and O–H groups in total. The summed E-state index contributed by atoms with van der Waals surface area (Å²) in [6.45, 7) is -0.404. The van der Waals surface area contributed by atoms with Gasteiger partial charge in [-0.2, -0.15) is 0 Å². The number of hydrogen-bond donors (Lipinski definition) is 6. The normalized spacial score (nSPS) is 12.1. The Labute approximate surface area is 253 Å². The molecule has 0 fully saturated rings. The zero-order chi connectivity index (χ0) is 33.9. The summed E-state index contributed by atoms with van der Waals surface area (Å²) in [6.07, 6.45) is 0. The number of carbonyl (C=O) groups is 9. The Kier molecular flexibility index (Phi) is 24.6. The van der Waals surface area contributed by atoms with Gasteiger partial charge in [0.05, 0.1) is 57.2 Å². The number of aliphatic carboxylic acids is 9. The van der Waals surface area contributed by atoms with E-state index in [4.69, 9.17) is 30.6 Å². The fraction of sp³-hybridized carbons (Fsp3) is 0.571. The summed E-state index contributed by atoms with van der Waals surface area (Å²) in [7, 11) is 0. The monoisotopic (exact) mass is 668 g/mol. The molecule has 3 unspecified atom stereocenters. The molecule has 0 aromatic rings. The molecule has 21 nitrogen and oxygen atoms in total. The van der Waals surface area contributed by atoms with Gasteiger partial charge in [0, 0.05) is 18.1 Å². The Balaban J connectivity index is -0.000000262. The average Bonchev–Trinajstić information content (AvgIpc) is 2.80. The van der Waals surface area contributed by atoms with Gasteiger partial charge < -0.3 is 60.3 Å². The molecule has 0 aliphatic heterocycles. The molecule has 0 heterocycles. The van der Waals surface area contributed by atoms with Crippen LogP contribution in [-0.4, -0.2) is 156 Å². The van der Waals surface area contributed by atoms with Crippen LogP contribution in [0.2, 0.25) is 0 Å². The van der Waals surface area contributed by atoms with Gasteiger partial charge in [-0.25, -0.2) is 0 Å². The predicted molar refractivity (Wildman–Crippen MR) is 124 cm³/mol. The molecule has 22 heteroatoms. The Morgan fingerprint density at radius 2 is 0.535 bits per heavy atom. The molecule has 43 heavy (non-hydrogen) atoms. The van der Waals surface area contributed by atoms with E-state index in [0.29, 0.717) is 0 Å². The summed E-state index contributed by atoms with van der Waals surface area (Å²) < 4.78 is 0. The van der Waals surface area contributed by atoms with Crippen molar-refractivity contribution in [2.24, 2.45) is 0 Å². The number of carbonyl (C=O) groups excluding carboxylic acids is 3. The maximum atomic E-state index is 10.4. The van der Waals surface area contributed by atoms with Gasteiger partial charge in [0.25, 0.3) is 0 Å². The Morgan fingerprint density at radius 1 is 0.419 bits per heavy atom. The molecular formula is C21H30FeN3O18. The number of carboxylic acids is 9. The van der Waals surface area contributed by atoms with Crippen molar-refractivity contribution in [3.63, 3.8) is 0 Å². The first kappa shape index (κ1) is 45.6. The Bertz CT molecular complexity index is 834. The van der Waals surface area contributed by atoms with Crippen LogP contribution in [0.1, 0.15) is 20.8 Å². The molecule has 0 rings (SSSR count). The third-order valence-corrected chi connectivity index (χ3v) is 4.70. The van der Waals surface area contributed by atoms with Gasteiger partial charge in [-0.15, -0.1) is 0 Å². The first-order valence-electron chi connectivity index (χ1n) is 11.2. The SMILES string of the molecule is CC(C(=O)[O-])N(CC(=O)O)CC(=O)O.CC(C(=O)[O-])N(CC(=O)O)CC(=O)O.CC(C(=O)[O-])N(CC(=O)O)CC(=O)O.[Fe+3]. The van der Waals surface area contributed by atoms with Crippen molar-refractivity contribution in [2.75, 3.05) is 39.3 Å². The van der Waals surface area contributed by atoms with E-state index in [9.17, 15) is 58.5 Å². The quantitative estimate of drug-likeness (QED) is 0.0739. The van der Waals surface area contributed by atoms with Crippen LogP contribution in [0.5, 0.6) is 0 Å². The molecule has 0 aliphatic carbocycles. The zero-order valence-electron chi connectivity index (χ0n) is 22.8. The van der Waals surface area contributed by atoms with Crippen LogP contribution in [0.15, 0.2) is 0 Å². The van der Waals surface area contributed by atoms with E-state index < -0.39 is 111 Å². The number of carboxylic acid groups (broad SMARTS) is 9. The Morgan fingerprint density at radius 3 is 0.605 bits per heavy atom. The van der Waals surface area contributed by atoms with Crippen molar-refractivity contribution in [1.29, 1.82) is 0 Å². The van der Waals surface area contributed by atoms with Gasteiger partial charge in [-0.1, -0.05) is 0 Å². The van der Waals surface area contributed by atoms with E-state index in [2.05, 4.69) is 0 Å². The molecule has 0 saturated carbocycles. The fourth-order valence-electron chi connectivity index (χ4n) is 2.48. The molecule has 3 atom stereocenters. The van der Waals surface area contributed by atoms with Gasteiger partial charge in [0.1, 0.15) is 0 Å². The van der Waals surface area contributed by atoms with Crippen LogP contribution in [0.25, 0.3) is 0 Å². The molecule has 0 aromatic heterocycles. The second kappa shape index (κ2) is 23.2. The average molecular weight is 668 g/mol. The molecule has 1 radical (unpaired) electrons. The Hall–Kier alpha value is -4.37. The van der Waals surface area contributed by atoms with Crippen LogP contribution in [-0.2, 0) is 60.2 Å². The van der Waals surface area contributed by atoms with E-state index in [1.165, 1.54) is 20.8 Å². The van der Waals surface area contributed by atoms with E-state index in [1.54, 1.807) is 0 Å². The summed E-state index contributed by atoms with van der Waals surface area (Å²) in [6, 6.07) is -3.74. The molecular weight excluding hydrogens is 638 g/mol.